The molecule has 1 amide bonds. The second kappa shape index (κ2) is 8.13. The number of ether oxygens (including phenoxy) is 1. The van der Waals surface area contributed by atoms with Gasteiger partial charge >= 0.3 is 0 Å². The quantitative estimate of drug-likeness (QED) is 0.806. The number of aryl methyl sites for hydroxylation is 1. The van der Waals surface area contributed by atoms with Crippen molar-refractivity contribution in [3.63, 3.8) is 0 Å². The fourth-order valence-corrected chi connectivity index (χ4v) is 2.63. The molecule has 1 heterocycles. The van der Waals surface area contributed by atoms with Crippen molar-refractivity contribution >= 4 is 5.91 Å². The molecule has 21 heavy (non-hydrogen) atoms. The molecule has 0 N–H and O–H groups in total. The highest BCUT2D eigenvalue weighted by molar-refractivity contribution is 5.76. The maximum absolute atomic E-state index is 13.5. The molecule has 2 rings (SSSR count). The lowest BCUT2D eigenvalue weighted by molar-refractivity contribution is -0.130. The van der Waals surface area contributed by atoms with Crippen LogP contribution < -0.4 is 0 Å². The molecule has 1 aromatic carbocycles. The van der Waals surface area contributed by atoms with Crippen molar-refractivity contribution in [3.8, 4) is 0 Å². The van der Waals surface area contributed by atoms with Gasteiger partial charge in [-0.05, 0) is 43.7 Å². The summed E-state index contributed by atoms with van der Waals surface area (Å²) in [5.74, 6) is -0.169. The summed E-state index contributed by atoms with van der Waals surface area (Å²) in [7, 11) is 1.81. The van der Waals surface area contributed by atoms with Crippen LogP contribution in [-0.2, 0) is 16.0 Å². The summed E-state index contributed by atoms with van der Waals surface area (Å²) < 4.78 is 19.2. The number of hydrogen-bond acceptors (Lipinski definition) is 2. The van der Waals surface area contributed by atoms with E-state index < -0.39 is 0 Å². The van der Waals surface area contributed by atoms with Crippen LogP contribution >= 0.6 is 0 Å². The summed E-state index contributed by atoms with van der Waals surface area (Å²) in [4.78, 5) is 13.8. The molecule has 1 aliphatic heterocycles. The van der Waals surface area contributed by atoms with Crippen LogP contribution in [-0.4, -0.2) is 37.1 Å². The third kappa shape index (κ3) is 5.12. The van der Waals surface area contributed by atoms with Crippen molar-refractivity contribution in [1.29, 1.82) is 0 Å². The average Bonchev–Trinajstić information content (AvgIpc) is 2.52. The fourth-order valence-electron chi connectivity index (χ4n) is 2.63. The Bertz CT molecular complexity index is 458. The molecule has 1 aromatic rings. The Morgan fingerprint density at radius 3 is 2.90 bits per heavy atom. The minimum Gasteiger partial charge on any atom is -0.378 e. The Labute approximate surface area is 126 Å². The molecule has 116 valence electrons. The summed E-state index contributed by atoms with van der Waals surface area (Å²) in [5.41, 5.74) is 0.606. The Hall–Kier alpha value is -1.42. The van der Waals surface area contributed by atoms with Crippen LogP contribution in [0.1, 0.15) is 37.7 Å². The Balaban J connectivity index is 1.71. The van der Waals surface area contributed by atoms with E-state index >= 15 is 0 Å². The smallest absolute Gasteiger partial charge is 0.222 e. The number of benzene rings is 1. The van der Waals surface area contributed by atoms with Gasteiger partial charge in [0.05, 0.1) is 6.10 Å². The summed E-state index contributed by atoms with van der Waals surface area (Å²) in [6.07, 6.45) is 5.45. The molecule has 0 saturated carbocycles. The first-order chi connectivity index (χ1) is 10.2. The third-order valence-electron chi connectivity index (χ3n) is 4.05. The molecule has 1 unspecified atom stereocenters. The number of nitrogens with zero attached hydrogens (tertiary/aromatic N) is 1. The van der Waals surface area contributed by atoms with Gasteiger partial charge in [-0.2, -0.15) is 0 Å². The van der Waals surface area contributed by atoms with Crippen LogP contribution in [0, 0.1) is 5.82 Å². The van der Waals surface area contributed by atoms with Crippen LogP contribution in [0.2, 0.25) is 0 Å². The number of carbonyl (C=O) groups is 1. The molecule has 3 nitrogen and oxygen atoms in total. The van der Waals surface area contributed by atoms with Gasteiger partial charge in [-0.3, -0.25) is 4.79 Å². The molecule has 0 aromatic heterocycles. The highest BCUT2D eigenvalue weighted by atomic mass is 19.1. The average molecular weight is 293 g/mol. The number of amides is 1. The van der Waals surface area contributed by atoms with Crippen LogP contribution in [0.25, 0.3) is 0 Å². The monoisotopic (exact) mass is 293 g/mol. The van der Waals surface area contributed by atoms with Gasteiger partial charge in [-0.25, -0.2) is 4.39 Å². The first-order valence-electron chi connectivity index (χ1n) is 7.76. The first kappa shape index (κ1) is 16.0. The largest absolute Gasteiger partial charge is 0.378 e. The normalized spacial score (nSPS) is 18.5. The van der Waals surface area contributed by atoms with Crippen molar-refractivity contribution in [3.05, 3.63) is 35.6 Å². The second-order valence-corrected chi connectivity index (χ2v) is 5.68. The minimum atomic E-state index is -0.233. The van der Waals surface area contributed by atoms with Gasteiger partial charge in [0.1, 0.15) is 5.82 Å². The lowest BCUT2D eigenvalue weighted by Gasteiger charge is -2.25. The number of halogens is 1. The van der Waals surface area contributed by atoms with Crippen LogP contribution in [0.15, 0.2) is 24.3 Å². The summed E-state index contributed by atoms with van der Waals surface area (Å²) >= 11 is 0. The Morgan fingerprint density at radius 2 is 2.19 bits per heavy atom. The van der Waals surface area contributed by atoms with E-state index in [0.29, 0.717) is 31.1 Å². The van der Waals surface area contributed by atoms with E-state index in [9.17, 15) is 9.18 Å². The Kier molecular flexibility index (Phi) is 6.18. The molecule has 4 heteroatoms. The van der Waals surface area contributed by atoms with Gasteiger partial charge in [0.25, 0.3) is 0 Å². The third-order valence-corrected chi connectivity index (χ3v) is 4.05. The van der Waals surface area contributed by atoms with Gasteiger partial charge in [0.2, 0.25) is 5.91 Å². The van der Waals surface area contributed by atoms with Crippen molar-refractivity contribution in [2.24, 2.45) is 0 Å². The van der Waals surface area contributed by atoms with Crippen molar-refractivity contribution in [1.82, 2.24) is 4.90 Å². The van der Waals surface area contributed by atoms with E-state index in [1.54, 1.807) is 23.1 Å². The van der Waals surface area contributed by atoms with E-state index in [0.717, 1.165) is 25.9 Å². The molecule has 0 aliphatic carbocycles. The van der Waals surface area contributed by atoms with E-state index in [1.807, 2.05) is 7.05 Å². The highest BCUT2D eigenvalue weighted by Gasteiger charge is 2.16. The molecule has 0 bridgehead atoms. The number of rotatable bonds is 6. The molecule has 1 atom stereocenters. The number of hydrogen-bond donors (Lipinski definition) is 0. The lowest BCUT2D eigenvalue weighted by atomic mass is 10.1. The van der Waals surface area contributed by atoms with E-state index in [1.165, 1.54) is 12.5 Å². The van der Waals surface area contributed by atoms with Crippen LogP contribution in [0.3, 0.4) is 0 Å². The van der Waals surface area contributed by atoms with E-state index in [-0.39, 0.29) is 11.7 Å². The molecule has 1 saturated heterocycles. The van der Waals surface area contributed by atoms with Gasteiger partial charge in [0.15, 0.2) is 0 Å². The molecular formula is C17H24FNO2. The molecule has 1 fully saturated rings. The van der Waals surface area contributed by atoms with Gasteiger partial charge in [-0.15, -0.1) is 0 Å². The summed E-state index contributed by atoms with van der Waals surface area (Å²) in [6.45, 7) is 1.55. The zero-order chi connectivity index (χ0) is 15.1. The highest BCUT2D eigenvalue weighted by Crippen LogP contribution is 2.16. The molecule has 0 radical (unpaired) electrons. The number of carbonyl (C=O) groups excluding carboxylic acids is 1. The Morgan fingerprint density at radius 1 is 1.38 bits per heavy atom. The van der Waals surface area contributed by atoms with Crippen molar-refractivity contribution in [2.75, 3.05) is 20.2 Å². The predicted octanol–water partition coefficient (Wildman–Crippen LogP) is 3.18. The molecule has 1 aliphatic rings. The maximum Gasteiger partial charge on any atom is 0.222 e. The van der Waals surface area contributed by atoms with E-state index in [4.69, 9.17) is 4.74 Å². The molecular weight excluding hydrogens is 269 g/mol. The van der Waals surface area contributed by atoms with Crippen molar-refractivity contribution in [2.45, 2.75) is 44.6 Å². The summed E-state index contributed by atoms with van der Waals surface area (Å²) in [5, 5.41) is 0. The zero-order valence-electron chi connectivity index (χ0n) is 12.7. The van der Waals surface area contributed by atoms with Crippen LogP contribution in [0.4, 0.5) is 4.39 Å². The minimum absolute atomic E-state index is 0.0639. The summed E-state index contributed by atoms with van der Waals surface area (Å²) in [6, 6.07) is 6.63. The topological polar surface area (TPSA) is 29.5 Å². The first-order valence-corrected chi connectivity index (χ1v) is 7.76. The molecule has 0 spiro atoms. The van der Waals surface area contributed by atoms with Crippen LogP contribution in [0.5, 0.6) is 0 Å². The second-order valence-electron chi connectivity index (χ2n) is 5.68. The van der Waals surface area contributed by atoms with Gasteiger partial charge < -0.3 is 9.64 Å². The predicted molar refractivity (Wildman–Crippen MR) is 80.6 cm³/mol. The maximum atomic E-state index is 13.5. The van der Waals surface area contributed by atoms with Gasteiger partial charge in [-0.1, -0.05) is 18.2 Å². The van der Waals surface area contributed by atoms with Gasteiger partial charge in [0, 0.05) is 26.6 Å². The SMILES string of the molecule is CN(CCC1CCCCO1)C(=O)CCc1ccccc1F. The fraction of sp³-hybridized carbons (Fsp3) is 0.588. The standard InChI is InChI=1S/C17H24FNO2/c1-19(12-11-15-7-4-5-13-21-15)17(20)10-9-14-6-2-3-8-16(14)18/h2-3,6,8,15H,4-5,7,9-13H2,1H3. The zero-order valence-corrected chi connectivity index (χ0v) is 12.7. The van der Waals surface area contributed by atoms with E-state index in [2.05, 4.69) is 0 Å². The van der Waals surface area contributed by atoms with Crippen molar-refractivity contribution < 1.29 is 13.9 Å². The lowest BCUT2D eigenvalue weighted by Crippen LogP contribution is -2.31.